The maximum absolute atomic E-state index is 10.3. The number of hydrogen-bond donors (Lipinski definition) is 2. The lowest BCUT2D eigenvalue weighted by atomic mass is 9.77. The molecule has 0 radical (unpaired) electrons. The zero-order chi connectivity index (χ0) is 9.90. The van der Waals surface area contributed by atoms with Crippen molar-refractivity contribution in [3.8, 4) is 0 Å². The van der Waals surface area contributed by atoms with Gasteiger partial charge in [0.1, 0.15) is 0 Å². The van der Waals surface area contributed by atoms with Crippen LogP contribution in [-0.2, 0) is 4.79 Å². The highest BCUT2D eigenvalue weighted by molar-refractivity contribution is 5.66. The molecule has 0 bridgehead atoms. The van der Waals surface area contributed by atoms with Crippen molar-refractivity contribution in [3.63, 3.8) is 0 Å². The van der Waals surface area contributed by atoms with E-state index in [0.29, 0.717) is 12.3 Å². The third-order valence-electron chi connectivity index (χ3n) is 3.01. The van der Waals surface area contributed by atoms with E-state index in [4.69, 9.17) is 5.11 Å². The molecule has 1 aliphatic carbocycles. The Morgan fingerprint density at radius 3 is 2.46 bits per heavy atom. The Hall–Kier alpha value is -0.570. The van der Waals surface area contributed by atoms with Gasteiger partial charge in [-0.15, -0.1) is 0 Å². The van der Waals surface area contributed by atoms with Crippen LogP contribution in [0, 0.1) is 5.92 Å². The molecule has 0 heterocycles. The lowest BCUT2D eigenvalue weighted by molar-refractivity contribution is -0.139. The van der Waals surface area contributed by atoms with Crippen LogP contribution in [0.4, 0.5) is 0 Å². The van der Waals surface area contributed by atoms with Crippen LogP contribution in [0.3, 0.4) is 0 Å². The molecular formula is C10H18O3. The monoisotopic (exact) mass is 186 g/mol. The number of carbonyl (C=O) groups is 1. The van der Waals surface area contributed by atoms with Gasteiger partial charge in [0, 0.05) is 6.42 Å². The van der Waals surface area contributed by atoms with Gasteiger partial charge >= 0.3 is 5.97 Å². The summed E-state index contributed by atoms with van der Waals surface area (Å²) in [5.41, 5.74) is -0.690. The van der Waals surface area contributed by atoms with Gasteiger partial charge < -0.3 is 10.2 Å². The third-order valence-corrected chi connectivity index (χ3v) is 3.01. The number of aliphatic hydroxyl groups is 1. The van der Waals surface area contributed by atoms with Crippen molar-refractivity contribution in [1.82, 2.24) is 0 Å². The number of aliphatic carboxylic acids is 1. The molecule has 0 aromatic carbocycles. The zero-order valence-corrected chi connectivity index (χ0v) is 8.12. The standard InChI is InChI=1S/C10H18O3/c1-8-2-5-10(13,6-3-8)7-4-9(11)12/h8,13H,2-7H2,1H3,(H,11,12). The van der Waals surface area contributed by atoms with Gasteiger partial charge in [-0.2, -0.15) is 0 Å². The van der Waals surface area contributed by atoms with Gasteiger partial charge in [-0.1, -0.05) is 6.92 Å². The highest BCUT2D eigenvalue weighted by atomic mass is 16.4. The molecule has 3 heteroatoms. The molecule has 0 atom stereocenters. The molecule has 0 saturated heterocycles. The molecular weight excluding hydrogens is 168 g/mol. The maximum atomic E-state index is 10.3. The summed E-state index contributed by atoms with van der Waals surface area (Å²) in [6.45, 7) is 2.18. The summed E-state index contributed by atoms with van der Waals surface area (Å²) in [6, 6.07) is 0. The van der Waals surface area contributed by atoms with Crippen LogP contribution in [0.1, 0.15) is 45.4 Å². The van der Waals surface area contributed by atoms with Crippen LogP contribution in [0.15, 0.2) is 0 Å². The molecule has 0 amide bonds. The molecule has 2 N–H and O–H groups in total. The fraction of sp³-hybridized carbons (Fsp3) is 0.900. The molecule has 0 aliphatic heterocycles. The first-order valence-corrected chi connectivity index (χ1v) is 4.96. The van der Waals surface area contributed by atoms with Crippen LogP contribution >= 0.6 is 0 Å². The lowest BCUT2D eigenvalue weighted by Crippen LogP contribution is -2.34. The molecule has 0 aromatic rings. The summed E-state index contributed by atoms with van der Waals surface area (Å²) >= 11 is 0. The van der Waals surface area contributed by atoms with Gasteiger partial charge in [-0.3, -0.25) is 4.79 Å². The van der Waals surface area contributed by atoms with E-state index in [0.717, 1.165) is 25.7 Å². The highest BCUT2D eigenvalue weighted by Gasteiger charge is 2.31. The van der Waals surface area contributed by atoms with Gasteiger partial charge in [-0.25, -0.2) is 0 Å². The van der Waals surface area contributed by atoms with Gasteiger partial charge in [0.05, 0.1) is 5.60 Å². The Morgan fingerprint density at radius 1 is 1.46 bits per heavy atom. The fourth-order valence-electron chi connectivity index (χ4n) is 1.89. The number of carboxylic acids is 1. The average Bonchev–Trinajstić information content (AvgIpc) is 2.08. The molecule has 1 rings (SSSR count). The number of carboxylic acid groups (broad SMARTS) is 1. The van der Waals surface area contributed by atoms with E-state index in [9.17, 15) is 9.90 Å². The molecule has 0 spiro atoms. The van der Waals surface area contributed by atoms with E-state index >= 15 is 0 Å². The maximum Gasteiger partial charge on any atom is 0.303 e. The van der Waals surface area contributed by atoms with E-state index in [1.54, 1.807) is 0 Å². The quantitative estimate of drug-likeness (QED) is 0.706. The lowest BCUT2D eigenvalue weighted by Gasteiger charge is -2.34. The van der Waals surface area contributed by atoms with Crippen molar-refractivity contribution >= 4 is 5.97 Å². The highest BCUT2D eigenvalue weighted by Crippen LogP contribution is 2.34. The number of rotatable bonds is 3. The van der Waals surface area contributed by atoms with Gasteiger partial charge in [0.15, 0.2) is 0 Å². The van der Waals surface area contributed by atoms with Crippen molar-refractivity contribution < 1.29 is 15.0 Å². The topological polar surface area (TPSA) is 57.5 Å². The smallest absolute Gasteiger partial charge is 0.303 e. The van der Waals surface area contributed by atoms with Crippen LogP contribution in [-0.4, -0.2) is 21.8 Å². The molecule has 1 aliphatic rings. The summed E-state index contributed by atoms with van der Waals surface area (Å²) in [4.78, 5) is 10.3. The van der Waals surface area contributed by atoms with Crippen molar-refractivity contribution in [2.75, 3.05) is 0 Å². The molecule has 1 saturated carbocycles. The first kappa shape index (κ1) is 10.5. The van der Waals surface area contributed by atoms with E-state index in [2.05, 4.69) is 6.92 Å². The molecule has 13 heavy (non-hydrogen) atoms. The van der Waals surface area contributed by atoms with E-state index in [-0.39, 0.29) is 6.42 Å². The van der Waals surface area contributed by atoms with Gasteiger partial charge in [0.25, 0.3) is 0 Å². The summed E-state index contributed by atoms with van der Waals surface area (Å²) in [5, 5.41) is 18.5. The second kappa shape index (κ2) is 4.09. The Kier molecular flexibility index (Phi) is 3.31. The molecule has 3 nitrogen and oxygen atoms in total. The second-order valence-corrected chi connectivity index (χ2v) is 4.30. The minimum Gasteiger partial charge on any atom is -0.481 e. The SMILES string of the molecule is CC1CCC(O)(CCC(=O)O)CC1. The fourth-order valence-corrected chi connectivity index (χ4v) is 1.89. The summed E-state index contributed by atoms with van der Waals surface area (Å²) in [7, 11) is 0. The first-order valence-electron chi connectivity index (χ1n) is 4.96. The minimum absolute atomic E-state index is 0.0882. The predicted octanol–water partition coefficient (Wildman–Crippen LogP) is 1.79. The second-order valence-electron chi connectivity index (χ2n) is 4.30. The van der Waals surface area contributed by atoms with Gasteiger partial charge in [0.2, 0.25) is 0 Å². The van der Waals surface area contributed by atoms with Crippen molar-refractivity contribution in [1.29, 1.82) is 0 Å². The molecule has 0 aromatic heterocycles. The van der Waals surface area contributed by atoms with E-state index < -0.39 is 11.6 Å². The Morgan fingerprint density at radius 2 is 2.00 bits per heavy atom. The predicted molar refractivity (Wildman–Crippen MR) is 49.5 cm³/mol. The number of hydrogen-bond acceptors (Lipinski definition) is 2. The Labute approximate surface area is 78.8 Å². The van der Waals surface area contributed by atoms with E-state index in [1.807, 2.05) is 0 Å². The largest absolute Gasteiger partial charge is 0.481 e. The van der Waals surface area contributed by atoms with Crippen molar-refractivity contribution in [3.05, 3.63) is 0 Å². The van der Waals surface area contributed by atoms with Crippen LogP contribution in [0.5, 0.6) is 0 Å². The zero-order valence-electron chi connectivity index (χ0n) is 8.12. The average molecular weight is 186 g/mol. The summed E-state index contributed by atoms with van der Waals surface area (Å²) < 4.78 is 0. The Balaban J connectivity index is 2.34. The Bertz CT molecular complexity index is 181. The van der Waals surface area contributed by atoms with E-state index in [1.165, 1.54) is 0 Å². The molecule has 76 valence electrons. The van der Waals surface area contributed by atoms with Crippen LogP contribution in [0.2, 0.25) is 0 Å². The minimum atomic E-state index is -0.813. The summed E-state index contributed by atoms with van der Waals surface area (Å²) in [5.74, 6) is -0.128. The normalized spacial score (nSPS) is 34.5. The van der Waals surface area contributed by atoms with Crippen LogP contribution < -0.4 is 0 Å². The first-order chi connectivity index (χ1) is 6.02. The van der Waals surface area contributed by atoms with Crippen molar-refractivity contribution in [2.24, 2.45) is 5.92 Å². The summed E-state index contributed by atoms with van der Waals surface area (Å²) in [6.07, 6.45) is 4.08. The van der Waals surface area contributed by atoms with Crippen molar-refractivity contribution in [2.45, 2.75) is 51.0 Å². The molecule has 1 fully saturated rings. The van der Waals surface area contributed by atoms with Crippen LogP contribution in [0.25, 0.3) is 0 Å². The molecule has 0 unspecified atom stereocenters. The third kappa shape index (κ3) is 3.35. The van der Waals surface area contributed by atoms with Gasteiger partial charge in [-0.05, 0) is 38.0 Å².